The van der Waals surface area contributed by atoms with Crippen molar-refractivity contribution in [2.45, 2.75) is 76.6 Å². The summed E-state index contributed by atoms with van der Waals surface area (Å²) in [5.41, 5.74) is 1.48. The minimum absolute atomic E-state index is 0.148. The average Bonchev–Trinajstić information content (AvgIpc) is 3.34. The number of carbonyl (C=O) groups is 1. The number of carbonyl (C=O) groups excluding carboxylic acids is 1. The molecule has 0 bridgehead atoms. The summed E-state index contributed by atoms with van der Waals surface area (Å²) in [7, 11) is 4.06. The lowest BCUT2D eigenvalue weighted by Crippen LogP contribution is -2.57. The van der Waals surface area contributed by atoms with Crippen molar-refractivity contribution in [3.05, 3.63) is 21.9 Å². The summed E-state index contributed by atoms with van der Waals surface area (Å²) in [5, 5.41) is 28.5. The van der Waals surface area contributed by atoms with Crippen molar-refractivity contribution in [1.29, 1.82) is 10.5 Å². The highest BCUT2D eigenvalue weighted by atomic mass is 79.9. The number of anilines is 1. The van der Waals surface area contributed by atoms with Gasteiger partial charge >= 0.3 is 6.09 Å². The van der Waals surface area contributed by atoms with E-state index in [1.807, 2.05) is 45.6 Å². The maximum absolute atomic E-state index is 15.9. The number of pyridine rings is 1. The maximum atomic E-state index is 15.9. The Morgan fingerprint density at radius 3 is 2.62 bits per heavy atom. The van der Waals surface area contributed by atoms with Gasteiger partial charge in [0.05, 0.1) is 35.1 Å². The number of rotatable bonds is 6. The van der Waals surface area contributed by atoms with E-state index in [2.05, 4.69) is 48.2 Å². The molecular weight excluding hydrogens is 605 g/mol. The number of piperidine rings is 1. The fourth-order valence-electron chi connectivity index (χ4n) is 5.73. The number of fused-ring (bicyclic) bond motifs is 3. The Hall–Kier alpha value is -3.55. The second-order valence-corrected chi connectivity index (χ2v) is 13.1. The molecule has 2 atom stereocenters. The quantitative estimate of drug-likeness (QED) is 0.368. The Morgan fingerprint density at radius 1 is 1.24 bits per heavy atom. The Balaban J connectivity index is 1.61. The van der Waals surface area contributed by atoms with Crippen LogP contribution in [0.25, 0.3) is 21.9 Å². The summed E-state index contributed by atoms with van der Waals surface area (Å²) in [6.45, 7) is 7.29. The van der Waals surface area contributed by atoms with E-state index >= 15 is 4.39 Å². The average molecular weight is 641 g/mol. The molecule has 0 aliphatic carbocycles. The first kappa shape index (κ1) is 29.9. The lowest BCUT2D eigenvalue weighted by molar-refractivity contribution is 0.00557. The van der Waals surface area contributed by atoms with E-state index in [0.29, 0.717) is 64.1 Å². The molecule has 0 radical (unpaired) electrons. The number of nitriles is 2. The largest absolute Gasteiger partial charge is 0.444 e. The van der Waals surface area contributed by atoms with Gasteiger partial charge in [-0.05, 0) is 81.7 Å². The van der Waals surface area contributed by atoms with Crippen LogP contribution >= 0.6 is 15.9 Å². The van der Waals surface area contributed by atoms with E-state index in [4.69, 9.17) is 9.72 Å². The molecule has 2 aliphatic rings. The Bertz CT molecular complexity index is 1600. The van der Waals surface area contributed by atoms with Gasteiger partial charge in [0.15, 0.2) is 17.2 Å². The van der Waals surface area contributed by atoms with E-state index in [9.17, 15) is 15.3 Å². The summed E-state index contributed by atoms with van der Waals surface area (Å²) >= 11 is 3.41. The highest BCUT2D eigenvalue weighted by Gasteiger charge is 2.37. The Morgan fingerprint density at radius 2 is 1.98 bits per heavy atom. The molecule has 2 fully saturated rings. The predicted octanol–water partition coefficient (Wildman–Crippen LogP) is 4.94. The fourth-order valence-corrected chi connectivity index (χ4v) is 6.23. The van der Waals surface area contributed by atoms with Gasteiger partial charge in [-0.3, -0.25) is 0 Å². The number of benzene rings is 1. The van der Waals surface area contributed by atoms with Crippen LogP contribution in [0.5, 0.6) is 0 Å². The van der Waals surface area contributed by atoms with Gasteiger partial charge in [-0.25, -0.2) is 18.9 Å². The van der Waals surface area contributed by atoms with Gasteiger partial charge in [-0.2, -0.15) is 10.5 Å². The van der Waals surface area contributed by atoms with Crippen molar-refractivity contribution in [3.8, 4) is 12.1 Å². The zero-order valence-corrected chi connectivity index (χ0v) is 26.1. The van der Waals surface area contributed by atoms with Crippen LogP contribution in [0, 0.1) is 28.5 Å². The number of likely N-dealkylation sites (N-methyl/N-ethyl adjacent to an activating group) is 1. The molecule has 1 aromatic carbocycles. The number of amides is 1. The van der Waals surface area contributed by atoms with Gasteiger partial charge in [-0.15, -0.1) is 5.10 Å². The summed E-state index contributed by atoms with van der Waals surface area (Å²) in [4.78, 5) is 23.6. The minimum Gasteiger partial charge on any atom is -0.444 e. The number of ether oxygens (including phenoxy) is 1. The van der Waals surface area contributed by atoms with Gasteiger partial charge in [0.25, 0.3) is 0 Å². The predicted molar refractivity (Wildman–Crippen MR) is 159 cm³/mol. The first-order valence-corrected chi connectivity index (χ1v) is 14.9. The normalized spacial score (nSPS) is 19.7. The van der Waals surface area contributed by atoms with Crippen LogP contribution in [0.3, 0.4) is 0 Å². The zero-order chi connectivity index (χ0) is 30.3. The lowest BCUT2D eigenvalue weighted by atomic mass is 9.95. The van der Waals surface area contributed by atoms with E-state index in [0.717, 1.165) is 13.1 Å². The van der Waals surface area contributed by atoms with Gasteiger partial charge in [0, 0.05) is 37.5 Å². The van der Waals surface area contributed by atoms with Crippen molar-refractivity contribution < 1.29 is 13.9 Å². The number of nitrogens with zero attached hydrogens (tertiary/aromatic N) is 9. The third-order valence-corrected chi connectivity index (χ3v) is 8.88. The number of hydrogen-bond donors (Lipinski definition) is 0. The van der Waals surface area contributed by atoms with Crippen molar-refractivity contribution in [1.82, 2.24) is 29.8 Å². The molecule has 4 heterocycles. The van der Waals surface area contributed by atoms with E-state index in [-0.39, 0.29) is 30.4 Å². The summed E-state index contributed by atoms with van der Waals surface area (Å²) in [6, 6.07) is 6.01. The zero-order valence-electron chi connectivity index (χ0n) is 24.6. The first-order chi connectivity index (χ1) is 19.9. The molecule has 2 saturated heterocycles. The molecule has 1 amide bonds. The summed E-state index contributed by atoms with van der Waals surface area (Å²) in [6.07, 6.45) is 1.36. The lowest BCUT2D eigenvalue weighted by Gasteiger charge is -2.43. The van der Waals surface area contributed by atoms with E-state index < -0.39 is 17.5 Å². The van der Waals surface area contributed by atoms with Gasteiger partial charge in [0.2, 0.25) is 0 Å². The summed E-state index contributed by atoms with van der Waals surface area (Å²) in [5.74, 6) is 0.0975. The second-order valence-electron chi connectivity index (χ2n) is 12.3. The molecule has 2 aliphatic heterocycles. The number of halogens is 2. The number of aromatic nitrogens is 4. The van der Waals surface area contributed by atoms with Crippen LogP contribution in [0.4, 0.5) is 15.0 Å². The number of likely N-dealkylation sites (tertiary alicyclic amines) is 1. The van der Waals surface area contributed by atoms with E-state index in [1.165, 1.54) is 0 Å². The molecule has 0 spiro atoms. The molecular formula is C29H35BrFN9O2. The van der Waals surface area contributed by atoms with Crippen LogP contribution < -0.4 is 4.90 Å². The van der Waals surface area contributed by atoms with Crippen LogP contribution in [0.2, 0.25) is 0 Å². The summed E-state index contributed by atoms with van der Waals surface area (Å²) < 4.78 is 23.7. The monoisotopic (exact) mass is 639 g/mol. The smallest absolute Gasteiger partial charge is 0.410 e. The molecule has 11 nitrogen and oxygen atoms in total. The van der Waals surface area contributed by atoms with Gasteiger partial charge in [0.1, 0.15) is 16.6 Å². The molecule has 5 rings (SSSR count). The third-order valence-electron chi connectivity index (χ3n) is 8.02. The van der Waals surface area contributed by atoms with Crippen molar-refractivity contribution in [2.75, 3.05) is 38.6 Å². The highest BCUT2D eigenvalue weighted by Crippen LogP contribution is 2.40. The Kier molecular flexibility index (Phi) is 8.28. The van der Waals surface area contributed by atoms with Crippen LogP contribution in [-0.4, -0.2) is 87.3 Å². The van der Waals surface area contributed by atoms with E-state index in [1.54, 1.807) is 4.90 Å². The van der Waals surface area contributed by atoms with Crippen LogP contribution in [0.15, 0.2) is 10.5 Å². The second kappa shape index (κ2) is 11.6. The van der Waals surface area contributed by atoms with Crippen LogP contribution in [0.1, 0.15) is 58.1 Å². The molecule has 0 saturated carbocycles. The molecule has 42 heavy (non-hydrogen) atoms. The van der Waals surface area contributed by atoms with Crippen molar-refractivity contribution >= 4 is 49.8 Å². The molecule has 1 unspecified atom stereocenters. The Labute approximate surface area is 252 Å². The topological polar surface area (TPSA) is 127 Å². The SMILES string of the molecule is CN(C)C1CN(c2nc3c(F)c(Br)c(CCC#N)cc3c3c2nnn3[C@H]2CCN(C(=O)OC(C)(C)C)C(CC#N)C2)C1. The molecule has 2 aromatic heterocycles. The standard InChI is InChI=1S/C29H35BrFN9O2/c1-29(2,3)42-28(41)39-12-9-19(14-18(39)8-11-33)40-26-21-13-17(7-6-10-32)22(30)23(31)24(21)34-27(25(26)35-36-40)38-15-20(16-38)37(4)5/h13,18-20H,6-9,12,14-16H2,1-5H3/t18?,19-/m0/s1. The first-order valence-electron chi connectivity index (χ1n) is 14.1. The van der Waals surface area contributed by atoms with Crippen molar-refractivity contribution in [2.24, 2.45) is 0 Å². The molecule has 0 N–H and O–H groups in total. The third kappa shape index (κ3) is 5.60. The van der Waals surface area contributed by atoms with Gasteiger partial charge < -0.3 is 19.4 Å². The molecule has 13 heteroatoms. The van der Waals surface area contributed by atoms with Crippen molar-refractivity contribution in [3.63, 3.8) is 0 Å². The highest BCUT2D eigenvalue weighted by molar-refractivity contribution is 9.10. The maximum Gasteiger partial charge on any atom is 0.410 e. The number of hydrogen-bond acceptors (Lipinski definition) is 9. The molecule has 3 aromatic rings. The fraction of sp³-hybridized carbons (Fsp3) is 0.586. The number of aryl methyl sites for hydroxylation is 1. The minimum atomic E-state index is -0.653. The van der Waals surface area contributed by atoms with Crippen LogP contribution in [-0.2, 0) is 11.2 Å². The molecule has 222 valence electrons. The van der Waals surface area contributed by atoms with Gasteiger partial charge in [-0.1, -0.05) is 5.21 Å².